The fourth-order valence-electron chi connectivity index (χ4n) is 3.44. The molecule has 1 aliphatic rings. The molecule has 10 nitrogen and oxygen atoms in total. The minimum absolute atomic E-state index is 0.0233. The van der Waals surface area contributed by atoms with E-state index in [-0.39, 0.29) is 29.3 Å². The summed E-state index contributed by atoms with van der Waals surface area (Å²) in [7, 11) is 0. The number of nitrogens with two attached hydrogens (primary N) is 2. The standard InChI is InChI=1S/C19H22FN9O/c20-13-9-12(17(22)30)18(28-19(13)27-15-4-2-1-3-14(15)21)26-11-5-6-16(23-10-11)29-24-7-8-25-29/h5-10,14-15H,1-4,21H2,(H2,22,30)(H2,26,27,28). The van der Waals surface area contributed by atoms with Crippen molar-refractivity contribution in [3.8, 4) is 5.82 Å². The van der Waals surface area contributed by atoms with Crippen LogP contribution in [0.1, 0.15) is 36.0 Å². The van der Waals surface area contributed by atoms with E-state index in [9.17, 15) is 9.18 Å². The number of pyridine rings is 2. The Morgan fingerprint density at radius 2 is 1.93 bits per heavy atom. The Hall–Kier alpha value is -3.60. The Kier molecular flexibility index (Phi) is 5.53. The first kappa shape index (κ1) is 19.7. The molecule has 0 bridgehead atoms. The number of anilines is 3. The quantitative estimate of drug-likeness (QED) is 0.479. The van der Waals surface area contributed by atoms with Crippen molar-refractivity contribution < 1.29 is 9.18 Å². The summed E-state index contributed by atoms with van der Waals surface area (Å²) in [5, 5.41) is 14.1. The second-order valence-electron chi connectivity index (χ2n) is 7.13. The number of nitrogens with zero attached hydrogens (tertiary/aromatic N) is 5. The summed E-state index contributed by atoms with van der Waals surface area (Å²) in [4.78, 5) is 21.7. The van der Waals surface area contributed by atoms with Crippen LogP contribution in [0.5, 0.6) is 0 Å². The number of primary amides is 1. The van der Waals surface area contributed by atoms with Crippen LogP contribution in [0.3, 0.4) is 0 Å². The number of halogens is 1. The summed E-state index contributed by atoms with van der Waals surface area (Å²) in [5.41, 5.74) is 12.0. The number of nitrogens with one attached hydrogen (secondary N) is 2. The molecule has 30 heavy (non-hydrogen) atoms. The number of hydrogen-bond acceptors (Lipinski definition) is 8. The molecule has 6 N–H and O–H groups in total. The number of hydrogen-bond donors (Lipinski definition) is 4. The minimum Gasteiger partial charge on any atom is -0.365 e. The zero-order valence-electron chi connectivity index (χ0n) is 16.1. The first-order valence-electron chi connectivity index (χ1n) is 9.63. The molecule has 11 heteroatoms. The molecule has 0 aromatic carbocycles. The number of carbonyl (C=O) groups excluding carboxylic acids is 1. The molecule has 0 radical (unpaired) electrons. The van der Waals surface area contributed by atoms with Crippen LogP contribution in [0, 0.1) is 5.82 Å². The van der Waals surface area contributed by atoms with E-state index in [1.54, 1.807) is 24.5 Å². The lowest BCUT2D eigenvalue weighted by Crippen LogP contribution is -2.43. The highest BCUT2D eigenvalue weighted by atomic mass is 19.1. The second-order valence-corrected chi connectivity index (χ2v) is 7.13. The van der Waals surface area contributed by atoms with Gasteiger partial charge in [0.1, 0.15) is 5.82 Å². The summed E-state index contributed by atoms with van der Waals surface area (Å²) < 4.78 is 14.6. The first-order valence-corrected chi connectivity index (χ1v) is 9.63. The molecule has 0 spiro atoms. The molecule has 1 amide bonds. The lowest BCUT2D eigenvalue weighted by molar-refractivity contribution is 0.100. The first-order chi connectivity index (χ1) is 14.5. The van der Waals surface area contributed by atoms with Crippen LogP contribution < -0.4 is 22.1 Å². The molecule has 1 fully saturated rings. The number of amides is 1. The van der Waals surface area contributed by atoms with Gasteiger partial charge in [-0.25, -0.2) is 14.4 Å². The van der Waals surface area contributed by atoms with E-state index in [2.05, 4.69) is 30.8 Å². The van der Waals surface area contributed by atoms with Gasteiger partial charge < -0.3 is 22.1 Å². The molecule has 2 unspecified atom stereocenters. The van der Waals surface area contributed by atoms with Gasteiger partial charge in [0.25, 0.3) is 5.91 Å². The fourth-order valence-corrected chi connectivity index (χ4v) is 3.44. The highest BCUT2D eigenvalue weighted by Crippen LogP contribution is 2.26. The zero-order chi connectivity index (χ0) is 21.1. The molecular formula is C19H22FN9O. The highest BCUT2D eigenvalue weighted by molar-refractivity contribution is 5.98. The van der Waals surface area contributed by atoms with Gasteiger partial charge >= 0.3 is 0 Å². The third-order valence-corrected chi connectivity index (χ3v) is 5.02. The summed E-state index contributed by atoms with van der Waals surface area (Å²) in [6, 6.07) is 4.31. The predicted molar refractivity (Wildman–Crippen MR) is 109 cm³/mol. The Morgan fingerprint density at radius 3 is 2.60 bits per heavy atom. The molecule has 2 atom stereocenters. The molecule has 3 aromatic rings. The largest absolute Gasteiger partial charge is 0.365 e. The van der Waals surface area contributed by atoms with Gasteiger partial charge in [-0.1, -0.05) is 12.8 Å². The van der Waals surface area contributed by atoms with Crippen molar-refractivity contribution in [2.24, 2.45) is 11.5 Å². The van der Waals surface area contributed by atoms with Gasteiger partial charge in [-0.15, -0.1) is 4.80 Å². The van der Waals surface area contributed by atoms with Gasteiger partial charge in [-0.05, 0) is 31.0 Å². The Labute approximate surface area is 171 Å². The Morgan fingerprint density at radius 1 is 1.17 bits per heavy atom. The van der Waals surface area contributed by atoms with Crippen molar-refractivity contribution in [3.63, 3.8) is 0 Å². The fraction of sp³-hybridized carbons (Fsp3) is 0.316. The van der Waals surface area contributed by atoms with Gasteiger partial charge in [0, 0.05) is 12.1 Å². The molecule has 0 aliphatic heterocycles. The molecule has 3 heterocycles. The number of carbonyl (C=O) groups is 1. The van der Waals surface area contributed by atoms with E-state index in [0.717, 1.165) is 31.7 Å². The summed E-state index contributed by atoms with van der Waals surface area (Å²) in [6.07, 6.45) is 8.38. The maximum atomic E-state index is 14.6. The maximum absolute atomic E-state index is 14.6. The lowest BCUT2D eigenvalue weighted by atomic mass is 9.91. The van der Waals surface area contributed by atoms with E-state index in [1.165, 1.54) is 11.0 Å². The lowest BCUT2D eigenvalue weighted by Gasteiger charge is -2.30. The van der Waals surface area contributed by atoms with E-state index >= 15 is 0 Å². The van der Waals surface area contributed by atoms with Crippen molar-refractivity contribution in [1.29, 1.82) is 0 Å². The van der Waals surface area contributed by atoms with Gasteiger partial charge in [0.05, 0.1) is 29.8 Å². The molecular weight excluding hydrogens is 389 g/mol. The maximum Gasteiger partial charge on any atom is 0.252 e. The van der Waals surface area contributed by atoms with Gasteiger partial charge in [-0.2, -0.15) is 10.2 Å². The zero-order valence-corrected chi connectivity index (χ0v) is 16.1. The molecule has 1 aliphatic carbocycles. The van der Waals surface area contributed by atoms with Crippen LogP contribution in [0.25, 0.3) is 5.82 Å². The average molecular weight is 411 g/mol. The highest BCUT2D eigenvalue weighted by Gasteiger charge is 2.24. The smallest absolute Gasteiger partial charge is 0.252 e. The van der Waals surface area contributed by atoms with Gasteiger partial charge in [0.2, 0.25) is 0 Å². The summed E-state index contributed by atoms with van der Waals surface area (Å²) in [6.45, 7) is 0. The molecule has 1 saturated carbocycles. The topological polar surface area (TPSA) is 150 Å². The van der Waals surface area contributed by atoms with Crippen LogP contribution >= 0.6 is 0 Å². The van der Waals surface area contributed by atoms with Crippen LogP contribution in [-0.2, 0) is 0 Å². The number of aromatic nitrogens is 5. The molecule has 3 aromatic heterocycles. The SMILES string of the molecule is NC(=O)c1cc(F)c(NC2CCCCC2N)nc1Nc1ccc(-n2nccn2)nc1. The molecule has 156 valence electrons. The van der Waals surface area contributed by atoms with E-state index in [4.69, 9.17) is 11.5 Å². The third-order valence-electron chi connectivity index (χ3n) is 5.02. The van der Waals surface area contributed by atoms with Crippen LogP contribution in [-0.4, -0.2) is 43.0 Å². The van der Waals surface area contributed by atoms with Crippen molar-refractivity contribution in [1.82, 2.24) is 25.0 Å². The molecule has 0 saturated heterocycles. The summed E-state index contributed by atoms with van der Waals surface area (Å²) in [5.74, 6) is -0.792. The Bertz CT molecular complexity index is 1020. The number of rotatable bonds is 6. The van der Waals surface area contributed by atoms with Gasteiger partial charge in [-0.3, -0.25) is 4.79 Å². The predicted octanol–water partition coefficient (Wildman–Crippen LogP) is 1.72. The monoisotopic (exact) mass is 411 g/mol. The average Bonchev–Trinajstić information content (AvgIpc) is 3.27. The van der Waals surface area contributed by atoms with Crippen LogP contribution in [0.4, 0.5) is 21.7 Å². The third kappa shape index (κ3) is 4.20. The minimum atomic E-state index is -0.796. The van der Waals surface area contributed by atoms with E-state index in [1.807, 2.05) is 0 Å². The van der Waals surface area contributed by atoms with Crippen LogP contribution in [0.15, 0.2) is 36.8 Å². The normalized spacial score (nSPS) is 18.7. The van der Waals surface area contributed by atoms with Crippen molar-refractivity contribution in [3.05, 3.63) is 48.2 Å². The second kappa shape index (κ2) is 8.41. The summed E-state index contributed by atoms with van der Waals surface area (Å²) >= 11 is 0. The van der Waals surface area contributed by atoms with Gasteiger partial charge in [0.15, 0.2) is 17.5 Å². The van der Waals surface area contributed by atoms with Crippen molar-refractivity contribution >= 4 is 23.2 Å². The molecule has 4 rings (SSSR count). The van der Waals surface area contributed by atoms with E-state index < -0.39 is 11.7 Å². The Balaban J connectivity index is 1.60. The van der Waals surface area contributed by atoms with Crippen molar-refractivity contribution in [2.45, 2.75) is 37.8 Å². The van der Waals surface area contributed by atoms with E-state index in [0.29, 0.717) is 11.5 Å². The van der Waals surface area contributed by atoms with Crippen molar-refractivity contribution in [2.75, 3.05) is 10.6 Å². The van der Waals surface area contributed by atoms with Crippen LogP contribution in [0.2, 0.25) is 0 Å².